The molecular weight excluding hydrogens is 218 g/mol. The van der Waals surface area contributed by atoms with Crippen LogP contribution < -0.4 is 11.5 Å². The van der Waals surface area contributed by atoms with Crippen LogP contribution in [0.15, 0.2) is 46.8 Å². The number of benzene rings is 1. The highest BCUT2D eigenvalue weighted by Crippen LogP contribution is 2.35. The molecule has 1 aromatic carbocycles. The molecule has 0 aliphatic heterocycles. The third-order valence-electron chi connectivity index (χ3n) is 2.15. The number of pyridine rings is 1. The highest BCUT2D eigenvalue weighted by atomic mass is 16.3. The van der Waals surface area contributed by atoms with E-state index in [2.05, 4.69) is 15.2 Å². The molecule has 6 heteroatoms. The van der Waals surface area contributed by atoms with Gasteiger partial charge in [0, 0.05) is 6.20 Å². The maximum absolute atomic E-state index is 9.32. The second-order valence-electron chi connectivity index (χ2n) is 3.32. The van der Waals surface area contributed by atoms with Gasteiger partial charge in [0.05, 0.1) is 11.4 Å². The van der Waals surface area contributed by atoms with E-state index in [0.29, 0.717) is 11.5 Å². The monoisotopic (exact) mass is 229 g/mol. The summed E-state index contributed by atoms with van der Waals surface area (Å²) in [6.45, 7) is 0. The number of phenols is 1. The molecule has 2 aromatic rings. The third-order valence-corrected chi connectivity index (χ3v) is 2.15. The number of aromatic hydroxyl groups is 1. The lowest BCUT2D eigenvalue weighted by Crippen LogP contribution is -1.94. The van der Waals surface area contributed by atoms with Crippen molar-refractivity contribution in [1.82, 2.24) is 4.98 Å². The van der Waals surface area contributed by atoms with Crippen molar-refractivity contribution in [3.8, 4) is 5.75 Å². The summed E-state index contributed by atoms with van der Waals surface area (Å²) in [4.78, 5) is 3.98. The zero-order chi connectivity index (χ0) is 12.3. The average Bonchev–Trinajstić information content (AvgIpc) is 2.36. The summed E-state index contributed by atoms with van der Waals surface area (Å²) in [5, 5.41) is 17.1. The van der Waals surface area contributed by atoms with Gasteiger partial charge in [-0.1, -0.05) is 6.07 Å². The van der Waals surface area contributed by atoms with Crippen molar-refractivity contribution in [2.75, 3.05) is 11.5 Å². The summed E-state index contributed by atoms with van der Waals surface area (Å²) in [5.41, 5.74) is 11.9. The topological polar surface area (TPSA) is 110 Å². The first-order valence-corrected chi connectivity index (χ1v) is 4.88. The van der Waals surface area contributed by atoms with Crippen molar-refractivity contribution >= 4 is 22.9 Å². The molecule has 1 heterocycles. The number of nitrogens with zero attached hydrogens (tertiary/aromatic N) is 3. The normalized spacial score (nSPS) is 10.8. The molecule has 0 spiro atoms. The van der Waals surface area contributed by atoms with Crippen LogP contribution in [0, 0.1) is 0 Å². The van der Waals surface area contributed by atoms with Crippen LogP contribution in [0.1, 0.15) is 0 Å². The van der Waals surface area contributed by atoms with Crippen LogP contribution in [0.5, 0.6) is 5.75 Å². The molecular formula is C11H11N5O. The SMILES string of the molecule is Nc1c(O)ccc(N=Nc2ccccn2)c1N. The Kier molecular flexibility index (Phi) is 2.87. The number of phenolic OH excluding ortho intramolecular Hbond substituents is 1. The van der Waals surface area contributed by atoms with E-state index in [4.69, 9.17) is 11.5 Å². The van der Waals surface area contributed by atoms with E-state index in [1.54, 1.807) is 24.4 Å². The molecule has 0 saturated heterocycles. The first kappa shape index (κ1) is 10.9. The van der Waals surface area contributed by atoms with E-state index in [0.717, 1.165) is 0 Å². The molecule has 0 aliphatic carbocycles. The van der Waals surface area contributed by atoms with Crippen LogP contribution in [0.3, 0.4) is 0 Å². The van der Waals surface area contributed by atoms with Crippen LogP contribution in [0.2, 0.25) is 0 Å². The van der Waals surface area contributed by atoms with Crippen molar-refractivity contribution in [2.45, 2.75) is 0 Å². The van der Waals surface area contributed by atoms with E-state index in [-0.39, 0.29) is 17.1 Å². The van der Waals surface area contributed by atoms with Gasteiger partial charge in [0.15, 0.2) is 5.82 Å². The number of rotatable bonds is 2. The number of nitrogen functional groups attached to an aromatic ring is 2. The zero-order valence-corrected chi connectivity index (χ0v) is 8.91. The van der Waals surface area contributed by atoms with Crippen LogP contribution >= 0.6 is 0 Å². The van der Waals surface area contributed by atoms with Crippen LogP contribution in [0.25, 0.3) is 0 Å². The Bertz CT molecular complexity index is 553. The molecule has 0 amide bonds. The largest absolute Gasteiger partial charge is 0.506 e. The minimum Gasteiger partial charge on any atom is -0.506 e. The molecule has 86 valence electrons. The van der Waals surface area contributed by atoms with E-state index >= 15 is 0 Å². The maximum atomic E-state index is 9.32. The Morgan fingerprint density at radius 2 is 1.82 bits per heavy atom. The molecule has 0 bridgehead atoms. The molecule has 0 saturated carbocycles. The Labute approximate surface area is 97.6 Å². The molecule has 1 aromatic heterocycles. The first-order valence-electron chi connectivity index (χ1n) is 4.88. The average molecular weight is 229 g/mol. The van der Waals surface area contributed by atoms with Gasteiger partial charge in [-0.05, 0) is 24.3 Å². The smallest absolute Gasteiger partial charge is 0.174 e. The predicted molar refractivity (Wildman–Crippen MR) is 65.3 cm³/mol. The Morgan fingerprint density at radius 3 is 2.53 bits per heavy atom. The lowest BCUT2D eigenvalue weighted by atomic mass is 10.2. The van der Waals surface area contributed by atoms with Gasteiger partial charge >= 0.3 is 0 Å². The highest BCUT2D eigenvalue weighted by Gasteiger charge is 2.06. The summed E-state index contributed by atoms with van der Waals surface area (Å²) in [6, 6.07) is 8.25. The Balaban J connectivity index is 2.31. The molecule has 0 atom stereocenters. The lowest BCUT2D eigenvalue weighted by Gasteiger charge is -2.04. The molecule has 6 nitrogen and oxygen atoms in total. The number of hydrogen-bond donors (Lipinski definition) is 3. The minimum absolute atomic E-state index is 0.0701. The number of anilines is 2. The van der Waals surface area contributed by atoms with Crippen LogP contribution in [-0.2, 0) is 0 Å². The molecule has 0 unspecified atom stereocenters. The van der Waals surface area contributed by atoms with Gasteiger partial charge in [0.25, 0.3) is 0 Å². The zero-order valence-electron chi connectivity index (χ0n) is 8.91. The molecule has 2 rings (SSSR count). The molecule has 5 N–H and O–H groups in total. The number of azo groups is 1. The minimum atomic E-state index is -0.0701. The summed E-state index contributed by atoms with van der Waals surface area (Å²) >= 11 is 0. The maximum Gasteiger partial charge on any atom is 0.174 e. The lowest BCUT2D eigenvalue weighted by molar-refractivity contribution is 0.478. The summed E-state index contributed by atoms with van der Waals surface area (Å²) in [7, 11) is 0. The van der Waals surface area contributed by atoms with Gasteiger partial charge in [0.1, 0.15) is 11.4 Å². The number of nitrogens with two attached hydrogens (primary N) is 2. The standard InChI is InChI=1S/C11H11N5O/c12-10-7(4-5-8(17)11(10)13)15-16-9-3-1-2-6-14-9/h1-6,17H,12-13H2. The Hall–Kier alpha value is -2.63. The quantitative estimate of drug-likeness (QED) is 0.417. The second kappa shape index (κ2) is 4.48. The molecule has 17 heavy (non-hydrogen) atoms. The van der Waals surface area contributed by atoms with E-state index in [1.165, 1.54) is 12.1 Å². The predicted octanol–water partition coefficient (Wildman–Crippen LogP) is 2.37. The summed E-state index contributed by atoms with van der Waals surface area (Å²) < 4.78 is 0. The van der Waals surface area contributed by atoms with Gasteiger partial charge in [-0.2, -0.15) is 0 Å². The first-order chi connectivity index (χ1) is 8.18. The molecule has 0 aliphatic rings. The van der Waals surface area contributed by atoms with Crippen molar-refractivity contribution in [3.05, 3.63) is 36.5 Å². The molecule has 0 radical (unpaired) electrons. The van der Waals surface area contributed by atoms with Crippen molar-refractivity contribution < 1.29 is 5.11 Å². The fourth-order valence-electron chi connectivity index (χ4n) is 1.22. The second-order valence-corrected chi connectivity index (χ2v) is 3.32. The number of hydrogen-bond acceptors (Lipinski definition) is 6. The van der Waals surface area contributed by atoms with Gasteiger partial charge < -0.3 is 16.6 Å². The Morgan fingerprint density at radius 1 is 1.00 bits per heavy atom. The van der Waals surface area contributed by atoms with Gasteiger partial charge in [-0.25, -0.2) is 4.98 Å². The fourth-order valence-corrected chi connectivity index (χ4v) is 1.22. The van der Waals surface area contributed by atoms with Crippen LogP contribution in [-0.4, -0.2) is 10.1 Å². The third kappa shape index (κ3) is 2.31. The molecule has 0 fully saturated rings. The fraction of sp³-hybridized carbons (Fsp3) is 0. The van der Waals surface area contributed by atoms with Crippen molar-refractivity contribution in [2.24, 2.45) is 10.2 Å². The van der Waals surface area contributed by atoms with Crippen molar-refractivity contribution in [1.29, 1.82) is 0 Å². The van der Waals surface area contributed by atoms with Gasteiger partial charge in [-0.15, -0.1) is 10.2 Å². The van der Waals surface area contributed by atoms with Crippen molar-refractivity contribution in [3.63, 3.8) is 0 Å². The van der Waals surface area contributed by atoms with Gasteiger partial charge in [-0.3, -0.25) is 0 Å². The van der Waals surface area contributed by atoms with Crippen LogP contribution in [0.4, 0.5) is 22.9 Å². The van der Waals surface area contributed by atoms with E-state index < -0.39 is 0 Å². The highest BCUT2D eigenvalue weighted by molar-refractivity contribution is 5.80. The number of aromatic nitrogens is 1. The van der Waals surface area contributed by atoms with E-state index in [1.807, 2.05) is 0 Å². The van der Waals surface area contributed by atoms with Gasteiger partial charge in [0.2, 0.25) is 0 Å². The summed E-state index contributed by atoms with van der Waals surface area (Å²) in [5.74, 6) is 0.401. The van der Waals surface area contributed by atoms with E-state index in [9.17, 15) is 5.11 Å². The summed E-state index contributed by atoms with van der Waals surface area (Å²) in [6.07, 6.45) is 1.61.